The summed E-state index contributed by atoms with van der Waals surface area (Å²) in [6, 6.07) is 7.58. The number of hydrogen-bond acceptors (Lipinski definition) is 6. The molecule has 20 heavy (non-hydrogen) atoms. The summed E-state index contributed by atoms with van der Waals surface area (Å²) in [6.45, 7) is 4.38. The van der Waals surface area contributed by atoms with Gasteiger partial charge in [-0.05, 0) is 13.3 Å². The van der Waals surface area contributed by atoms with Crippen molar-refractivity contribution in [1.29, 1.82) is 0 Å². The molecule has 4 nitrogen and oxygen atoms in total. The van der Waals surface area contributed by atoms with Gasteiger partial charge < -0.3 is 5.32 Å². The molecule has 2 aromatic rings. The maximum absolute atomic E-state index is 12.0. The van der Waals surface area contributed by atoms with Crippen LogP contribution in [0.25, 0.3) is 0 Å². The number of carbonyl (C=O) groups is 1. The standard InChI is InChI=1S/C14H17N3OS2/c1-3-8-19-14-17-16-13(20-14)15-9-12(18)11-6-4-10(2)5-7-11/h4-7H,3,8-9H2,1-2H3,(H,15,16). The SMILES string of the molecule is CCCSc1nnc(NCC(=O)c2ccc(C)cc2)s1. The van der Waals surface area contributed by atoms with Gasteiger partial charge in [0.05, 0.1) is 6.54 Å². The minimum absolute atomic E-state index is 0.0583. The number of hydrogen-bond donors (Lipinski definition) is 1. The Bertz CT molecular complexity index is 566. The Morgan fingerprint density at radius 2 is 2.05 bits per heavy atom. The van der Waals surface area contributed by atoms with E-state index in [1.807, 2.05) is 31.2 Å². The molecule has 0 amide bonds. The third-order valence-corrected chi connectivity index (χ3v) is 4.83. The number of carbonyl (C=O) groups excluding carboxylic acids is 1. The first-order valence-corrected chi connectivity index (χ1v) is 8.29. The van der Waals surface area contributed by atoms with Crippen molar-refractivity contribution in [2.24, 2.45) is 0 Å². The number of Topliss-reactive ketones (excluding diaryl/α,β-unsaturated/α-hetero) is 1. The molecule has 1 aromatic carbocycles. The smallest absolute Gasteiger partial charge is 0.206 e. The van der Waals surface area contributed by atoms with E-state index in [9.17, 15) is 4.79 Å². The molecule has 0 bridgehead atoms. The third kappa shape index (κ3) is 4.31. The third-order valence-electron chi connectivity index (χ3n) is 2.61. The second-order valence-corrected chi connectivity index (χ2v) is 6.68. The Labute approximate surface area is 127 Å². The summed E-state index contributed by atoms with van der Waals surface area (Å²) < 4.78 is 0.942. The van der Waals surface area contributed by atoms with Crippen molar-refractivity contribution < 1.29 is 4.79 Å². The average Bonchev–Trinajstić information content (AvgIpc) is 2.91. The van der Waals surface area contributed by atoms with Crippen LogP contribution < -0.4 is 5.32 Å². The fourth-order valence-electron chi connectivity index (χ4n) is 1.53. The van der Waals surface area contributed by atoms with Crippen LogP contribution in [0.15, 0.2) is 28.6 Å². The topological polar surface area (TPSA) is 54.9 Å². The lowest BCUT2D eigenvalue weighted by Gasteiger charge is -2.02. The number of rotatable bonds is 7. The number of thioether (sulfide) groups is 1. The first-order chi connectivity index (χ1) is 9.69. The predicted octanol–water partition coefficient (Wildman–Crippen LogP) is 3.64. The zero-order chi connectivity index (χ0) is 14.4. The van der Waals surface area contributed by atoms with E-state index in [4.69, 9.17) is 0 Å². The molecule has 1 heterocycles. The van der Waals surface area contributed by atoms with E-state index < -0.39 is 0 Å². The highest BCUT2D eigenvalue weighted by Crippen LogP contribution is 2.25. The van der Waals surface area contributed by atoms with Crippen molar-refractivity contribution in [3.05, 3.63) is 35.4 Å². The van der Waals surface area contributed by atoms with E-state index in [-0.39, 0.29) is 12.3 Å². The highest BCUT2D eigenvalue weighted by atomic mass is 32.2. The highest BCUT2D eigenvalue weighted by Gasteiger charge is 2.08. The van der Waals surface area contributed by atoms with E-state index in [1.54, 1.807) is 11.8 Å². The van der Waals surface area contributed by atoms with Gasteiger partial charge in [0.25, 0.3) is 0 Å². The zero-order valence-corrected chi connectivity index (χ0v) is 13.2. The first-order valence-electron chi connectivity index (χ1n) is 6.49. The Balaban J connectivity index is 1.86. The maximum atomic E-state index is 12.0. The second-order valence-electron chi connectivity index (χ2n) is 4.36. The Morgan fingerprint density at radius 1 is 1.30 bits per heavy atom. The molecular formula is C14H17N3OS2. The molecule has 0 aliphatic heterocycles. The number of nitrogens with one attached hydrogen (secondary N) is 1. The molecule has 2 rings (SSSR count). The van der Waals surface area contributed by atoms with Crippen LogP contribution >= 0.6 is 23.1 Å². The summed E-state index contributed by atoms with van der Waals surface area (Å²) >= 11 is 3.18. The number of aryl methyl sites for hydroxylation is 1. The Kier molecular flexibility index (Phi) is 5.55. The van der Waals surface area contributed by atoms with Gasteiger partial charge in [0, 0.05) is 11.3 Å². The van der Waals surface area contributed by atoms with Crippen LogP contribution in [0.4, 0.5) is 5.13 Å². The quantitative estimate of drug-likeness (QED) is 0.625. The monoisotopic (exact) mass is 307 g/mol. The molecule has 1 N–H and O–H groups in total. The van der Waals surface area contributed by atoms with Crippen molar-refractivity contribution in [3.8, 4) is 0 Å². The van der Waals surface area contributed by atoms with Gasteiger partial charge in [-0.1, -0.05) is 59.9 Å². The molecule has 0 unspecified atom stereocenters. The van der Waals surface area contributed by atoms with Crippen LogP contribution in [0, 0.1) is 6.92 Å². The van der Waals surface area contributed by atoms with Crippen molar-refractivity contribution in [1.82, 2.24) is 10.2 Å². The Morgan fingerprint density at radius 3 is 2.75 bits per heavy atom. The fourth-order valence-corrected chi connectivity index (χ4v) is 3.20. The number of ketones is 1. The van der Waals surface area contributed by atoms with Crippen LogP contribution in [-0.2, 0) is 0 Å². The molecular weight excluding hydrogens is 290 g/mol. The largest absolute Gasteiger partial charge is 0.353 e. The molecule has 0 aliphatic rings. The van der Waals surface area contributed by atoms with Gasteiger partial charge in [-0.25, -0.2) is 0 Å². The summed E-state index contributed by atoms with van der Waals surface area (Å²) in [4.78, 5) is 12.0. The molecule has 0 spiro atoms. The second kappa shape index (κ2) is 7.40. The fraction of sp³-hybridized carbons (Fsp3) is 0.357. The lowest BCUT2D eigenvalue weighted by atomic mass is 10.1. The lowest BCUT2D eigenvalue weighted by Crippen LogP contribution is -2.13. The van der Waals surface area contributed by atoms with E-state index in [1.165, 1.54) is 11.3 Å². The van der Waals surface area contributed by atoms with Crippen molar-refractivity contribution >= 4 is 34.0 Å². The minimum atomic E-state index is 0.0583. The van der Waals surface area contributed by atoms with E-state index in [0.29, 0.717) is 10.7 Å². The summed E-state index contributed by atoms with van der Waals surface area (Å²) in [5, 5.41) is 11.8. The number of nitrogens with zero attached hydrogens (tertiary/aromatic N) is 2. The molecule has 0 fully saturated rings. The average molecular weight is 307 g/mol. The summed E-state index contributed by atoms with van der Waals surface area (Å²) in [5.41, 5.74) is 1.87. The first kappa shape index (κ1) is 15.0. The van der Waals surface area contributed by atoms with Gasteiger partial charge in [-0.15, -0.1) is 10.2 Å². The van der Waals surface area contributed by atoms with Gasteiger partial charge in [-0.3, -0.25) is 4.79 Å². The van der Waals surface area contributed by atoms with E-state index >= 15 is 0 Å². The van der Waals surface area contributed by atoms with E-state index in [2.05, 4.69) is 22.4 Å². The van der Waals surface area contributed by atoms with Crippen LogP contribution in [0.2, 0.25) is 0 Å². The molecule has 0 aliphatic carbocycles. The maximum Gasteiger partial charge on any atom is 0.206 e. The minimum Gasteiger partial charge on any atom is -0.353 e. The van der Waals surface area contributed by atoms with Crippen molar-refractivity contribution in [2.45, 2.75) is 24.6 Å². The van der Waals surface area contributed by atoms with Crippen LogP contribution in [0.3, 0.4) is 0 Å². The van der Waals surface area contributed by atoms with Crippen LogP contribution in [0.1, 0.15) is 29.3 Å². The van der Waals surface area contributed by atoms with Crippen LogP contribution in [-0.4, -0.2) is 28.3 Å². The summed E-state index contributed by atoms with van der Waals surface area (Å²) in [7, 11) is 0. The Hall–Kier alpha value is -1.40. The zero-order valence-electron chi connectivity index (χ0n) is 11.5. The number of aromatic nitrogens is 2. The molecule has 0 saturated carbocycles. The summed E-state index contributed by atoms with van der Waals surface area (Å²) in [5.74, 6) is 1.10. The molecule has 1 aromatic heterocycles. The molecule has 0 radical (unpaired) electrons. The number of anilines is 1. The predicted molar refractivity (Wildman–Crippen MR) is 84.9 cm³/mol. The van der Waals surface area contributed by atoms with Gasteiger partial charge in [-0.2, -0.15) is 0 Å². The lowest BCUT2D eigenvalue weighted by molar-refractivity contribution is 0.101. The van der Waals surface area contributed by atoms with Gasteiger partial charge in [0.1, 0.15) is 0 Å². The molecule has 0 saturated heterocycles. The number of benzene rings is 1. The molecule has 6 heteroatoms. The molecule has 0 atom stereocenters. The van der Waals surface area contributed by atoms with Crippen molar-refractivity contribution in [2.75, 3.05) is 17.6 Å². The van der Waals surface area contributed by atoms with Gasteiger partial charge in [0.15, 0.2) is 10.1 Å². The normalized spacial score (nSPS) is 10.5. The van der Waals surface area contributed by atoms with E-state index in [0.717, 1.165) is 22.1 Å². The van der Waals surface area contributed by atoms with Gasteiger partial charge >= 0.3 is 0 Å². The van der Waals surface area contributed by atoms with Crippen molar-refractivity contribution in [3.63, 3.8) is 0 Å². The van der Waals surface area contributed by atoms with Gasteiger partial charge in [0.2, 0.25) is 5.13 Å². The summed E-state index contributed by atoms with van der Waals surface area (Å²) in [6.07, 6.45) is 1.11. The van der Waals surface area contributed by atoms with Crippen LogP contribution in [0.5, 0.6) is 0 Å². The molecule has 106 valence electrons. The highest BCUT2D eigenvalue weighted by molar-refractivity contribution is 8.01.